The molecule has 1 aromatic rings. The molecule has 1 N–H and O–H groups in total. The molecule has 8 nitrogen and oxygen atoms in total. The maximum absolute atomic E-state index is 12.6. The van der Waals surface area contributed by atoms with Gasteiger partial charge in [0.1, 0.15) is 17.7 Å². The second kappa shape index (κ2) is 5.71. The molecule has 2 amide bonds. The Hall–Kier alpha value is -2.90. The molecule has 2 aliphatic heterocycles. The summed E-state index contributed by atoms with van der Waals surface area (Å²) in [6.07, 6.45) is 0. The fourth-order valence-corrected chi connectivity index (χ4v) is 2.67. The van der Waals surface area contributed by atoms with E-state index in [9.17, 15) is 14.4 Å². The van der Waals surface area contributed by atoms with Crippen LogP contribution in [0.25, 0.3) is 0 Å². The van der Waals surface area contributed by atoms with Crippen molar-refractivity contribution in [2.75, 3.05) is 18.6 Å². The maximum Gasteiger partial charge on any atom is 0.355 e. The molecule has 0 bridgehead atoms. The highest BCUT2D eigenvalue weighted by atomic mass is 16.5. The van der Waals surface area contributed by atoms with Crippen LogP contribution in [-0.2, 0) is 19.1 Å². The molecule has 2 atom stereocenters. The van der Waals surface area contributed by atoms with Crippen molar-refractivity contribution in [3.63, 3.8) is 0 Å². The minimum atomic E-state index is -0.957. The van der Waals surface area contributed by atoms with Crippen LogP contribution in [0.3, 0.4) is 0 Å². The smallest absolute Gasteiger partial charge is 0.355 e. The molecule has 3 rings (SSSR count). The van der Waals surface area contributed by atoms with E-state index in [0.29, 0.717) is 18.0 Å². The van der Waals surface area contributed by atoms with Crippen molar-refractivity contribution >= 4 is 29.2 Å². The van der Waals surface area contributed by atoms with Crippen LogP contribution in [0.1, 0.15) is 6.92 Å². The van der Waals surface area contributed by atoms with Gasteiger partial charge in [0.15, 0.2) is 5.71 Å². The van der Waals surface area contributed by atoms with E-state index >= 15 is 0 Å². The zero-order valence-electron chi connectivity index (χ0n) is 12.6. The predicted molar refractivity (Wildman–Crippen MR) is 80.0 cm³/mol. The average molecular weight is 317 g/mol. The molecule has 23 heavy (non-hydrogen) atoms. The molecule has 2 heterocycles. The van der Waals surface area contributed by atoms with Gasteiger partial charge in [-0.2, -0.15) is 5.10 Å². The molecule has 2 aliphatic rings. The molecule has 0 spiro atoms. The number of imide groups is 1. The Kier molecular flexibility index (Phi) is 3.73. The zero-order chi connectivity index (χ0) is 16.6. The third-order valence-corrected chi connectivity index (χ3v) is 3.73. The number of hydrazone groups is 1. The number of ether oxygens (including phenoxy) is 2. The number of esters is 1. The summed E-state index contributed by atoms with van der Waals surface area (Å²) in [6, 6.07) is 5.73. The normalized spacial score (nSPS) is 22.5. The zero-order valence-corrected chi connectivity index (χ0v) is 12.6. The van der Waals surface area contributed by atoms with Gasteiger partial charge in [-0.25, -0.2) is 9.69 Å². The van der Waals surface area contributed by atoms with Gasteiger partial charge in [-0.15, -0.1) is 0 Å². The quantitative estimate of drug-likeness (QED) is 0.624. The van der Waals surface area contributed by atoms with E-state index in [1.165, 1.54) is 7.11 Å². The number of amides is 2. The molecule has 0 aliphatic carbocycles. The highest BCUT2D eigenvalue weighted by molar-refractivity contribution is 6.46. The van der Waals surface area contributed by atoms with Crippen molar-refractivity contribution in [1.82, 2.24) is 5.43 Å². The van der Waals surface area contributed by atoms with Gasteiger partial charge in [0.2, 0.25) is 5.91 Å². The number of nitrogens with zero attached hydrogens (tertiary/aromatic N) is 2. The van der Waals surface area contributed by atoms with Gasteiger partial charge in [-0.3, -0.25) is 15.0 Å². The molecule has 8 heteroatoms. The summed E-state index contributed by atoms with van der Waals surface area (Å²) in [5, 5.41) is 3.76. The van der Waals surface area contributed by atoms with E-state index in [-0.39, 0.29) is 5.71 Å². The molecule has 0 unspecified atom stereocenters. The van der Waals surface area contributed by atoms with Gasteiger partial charge >= 0.3 is 5.97 Å². The number of rotatable bonds is 4. The van der Waals surface area contributed by atoms with Crippen LogP contribution in [0.4, 0.5) is 5.69 Å². The standard InChI is InChI=1S/C15H15N3O5/c1-3-23-9-6-4-8(5-7-9)18-13(19)10-11(14(18)20)16-17-12(10)15(21)22-2/h4-7,10-11,16H,3H2,1-2H3/t10-,11-/m1/s1. The van der Waals surface area contributed by atoms with Crippen molar-refractivity contribution in [1.29, 1.82) is 0 Å². The number of benzene rings is 1. The van der Waals surface area contributed by atoms with Crippen LogP contribution in [0.15, 0.2) is 29.4 Å². The van der Waals surface area contributed by atoms with Crippen LogP contribution in [0.5, 0.6) is 5.75 Å². The van der Waals surface area contributed by atoms with E-state index in [1.54, 1.807) is 24.3 Å². The Balaban J connectivity index is 1.88. The summed E-state index contributed by atoms with van der Waals surface area (Å²) < 4.78 is 9.93. The maximum atomic E-state index is 12.6. The molecule has 1 fully saturated rings. The Morgan fingerprint density at radius 1 is 1.26 bits per heavy atom. The Labute approximate surface area is 132 Å². The van der Waals surface area contributed by atoms with Gasteiger partial charge in [0, 0.05) is 0 Å². The number of methoxy groups -OCH3 is 1. The van der Waals surface area contributed by atoms with Gasteiger partial charge < -0.3 is 9.47 Å². The van der Waals surface area contributed by atoms with E-state index < -0.39 is 29.7 Å². The van der Waals surface area contributed by atoms with Crippen molar-refractivity contribution in [2.45, 2.75) is 13.0 Å². The lowest BCUT2D eigenvalue weighted by Gasteiger charge is -2.16. The lowest BCUT2D eigenvalue weighted by Crippen LogP contribution is -2.36. The predicted octanol–water partition coefficient (Wildman–Crippen LogP) is 0.0755. The fourth-order valence-electron chi connectivity index (χ4n) is 2.67. The first-order valence-corrected chi connectivity index (χ1v) is 7.10. The van der Waals surface area contributed by atoms with Crippen LogP contribution in [0, 0.1) is 5.92 Å². The third kappa shape index (κ3) is 2.32. The van der Waals surface area contributed by atoms with Gasteiger partial charge in [-0.05, 0) is 31.2 Å². The lowest BCUT2D eigenvalue weighted by molar-refractivity contribution is -0.133. The number of carbonyl (C=O) groups excluding carboxylic acids is 3. The molecule has 0 saturated carbocycles. The van der Waals surface area contributed by atoms with Crippen LogP contribution in [-0.4, -0.2) is 43.3 Å². The summed E-state index contributed by atoms with van der Waals surface area (Å²) in [4.78, 5) is 37.8. The summed E-state index contributed by atoms with van der Waals surface area (Å²) in [5.74, 6) is -1.99. The minimum absolute atomic E-state index is 0.0794. The van der Waals surface area contributed by atoms with E-state index in [0.717, 1.165) is 4.90 Å². The van der Waals surface area contributed by atoms with E-state index in [2.05, 4.69) is 15.3 Å². The molecule has 120 valence electrons. The minimum Gasteiger partial charge on any atom is -0.494 e. The number of nitrogens with one attached hydrogen (secondary N) is 1. The first kappa shape index (κ1) is 15.0. The lowest BCUT2D eigenvalue weighted by atomic mass is 9.99. The first-order valence-electron chi connectivity index (χ1n) is 7.10. The molecule has 1 aromatic carbocycles. The molecular weight excluding hydrogens is 302 g/mol. The second-order valence-corrected chi connectivity index (χ2v) is 5.01. The number of carbonyl (C=O) groups is 3. The van der Waals surface area contributed by atoms with Crippen LogP contribution in [0.2, 0.25) is 0 Å². The SMILES string of the molecule is CCOc1ccc(N2C(=O)[C@H]3C(C(=O)OC)=NN[C@H]3C2=O)cc1. The summed E-state index contributed by atoms with van der Waals surface area (Å²) in [7, 11) is 1.20. The Bertz CT molecular complexity index is 698. The summed E-state index contributed by atoms with van der Waals surface area (Å²) in [6.45, 7) is 2.38. The largest absolute Gasteiger partial charge is 0.494 e. The van der Waals surface area contributed by atoms with E-state index in [1.807, 2.05) is 6.92 Å². The van der Waals surface area contributed by atoms with Gasteiger partial charge in [-0.1, -0.05) is 0 Å². The molecule has 0 aromatic heterocycles. The van der Waals surface area contributed by atoms with Crippen LogP contribution < -0.4 is 15.1 Å². The van der Waals surface area contributed by atoms with Crippen molar-refractivity contribution in [3.8, 4) is 5.75 Å². The van der Waals surface area contributed by atoms with Gasteiger partial charge in [0.05, 0.1) is 19.4 Å². The number of anilines is 1. The molecule has 0 radical (unpaired) electrons. The number of hydrogen-bond donors (Lipinski definition) is 1. The van der Waals surface area contributed by atoms with Crippen molar-refractivity contribution in [2.24, 2.45) is 11.0 Å². The number of hydrogen-bond acceptors (Lipinski definition) is 7. The monoisotopic (exact) mass is 317 g/mol. The van der Waals surface area contributed by atoms with E-state index in [4.69, 9.17) is 4.74 Å². The van der Waals surface area contributed by atoms with Gasteiger partial charge in [0.25, 0.3) is 5.91 Å². The number of fused-ring (bicyclic) bond motifs is 1. The van der Waals surface area contributed by atoms with Crippen molar-refractivity contribution < 1.29 is 23.9 Å². The molecular formula is C15H15N3O5. The van der Waals surface area contributed by atoms with Crippen molar-refractivity contribution in [3.05, 3.63) is 24.3 Å². The summed E-state index contributed by atoms with van der Waals surface area (Å²) in [5.41, 5.74) is 2.89. The summed E-state index contributed by atoms with van der Waals surface area (Å²) >= 11 is 0. The molecule has 1 saturated heterocycles. The van der Waals surface area contributed by atoms with Crippen LogP contribution >= 0.6 is 0 Å². The topological polar surface area (TPSA) is 97.3 Å². The average Bonchev–Trinajstić information content (AvgIpc) is 3.09. The fraction of sp³-hybridized carbons (Fsp3) is 0.333. The highest BCUT2D eigenvalue weighted by Gasteiger charge is 2.55. The first-order chi connectivity index (χ1) is 11.1. The second-order valence-electron chi connectivity index (χ2n) is 5.01. The Morgan fingerprint density at radius 2 is 1.96 bits per heavy atom. The highest BCUT2D eigenvalue weighted by Crippen LogP contribution is 2.31. The third-order valence-electron chi connectivity index (χ3n) is 3.73. The Morgan fingerprint density at radius 3 is 2.57 bits per heavy atom.